The lowest BCUT2D eigenvalue weighted by Gasteiger charge is -2.41. The Morgan fingerprint density at radius 1 is 1.21 bits per heavy atom. The Kier molecular flexibility index (Phi) is 8.12. The second-order valence-electron chi connectivity index (χ2n) is 7.47. The van der Waals surface area contributed by atoms with Crippen molar-refractivity contribution in [2.24, 2.45) is 0 Å². The minimum Gasteiger partial charge on any atom is -0.481 e. The predicted molar refractivity (Wildman–Crippen MR) is 117 cm³/mol. The number of carboxylic acids is 1. The number of piperazine rings is 1. The second kappa shape index (κ2) is 11.0. The van der Waals surface area contributed by atoms with Crippen LogP contribution in [-0.4, -0.2) is 78.0 Å². The summed E-state index contributed by atoms with van der Waals surface area (Å²) < 4.78 is 18.1. The summed E-state index contributed by atoms with van der Waals surface area (Å²) in [6, 6.07) is 6.71. The standard InChI is InChI=1S/C22H24FN3O6S/c1-32-13-19(27)26-9-8-25(22(31)14-4-6-15(23)7-5-14)12-17(26)21(30)24-16(11-20(28)29)18-3-2-10-33-18/h2-7,10,16-17H,8-9,11-13H2,1H3,(H,24,30)(H,28,29). The molecule has 1 aromatic carbocycles. The van der Waals surface area contributed by atoms with Crippen LogP contribution in [0, 0.1) is 5.82 Å². The average molecular weight is 478 g/mol. The normalized spacial score (nSPS) is 16.8. The molecular weight excluding hydrogens is 453 g/mol. The first kappa shape index (κ1) is 24.3. The molecule has 1 aromatic heterocycles. The van der Waals surface area contributed by atoms with E-state index in [1.54, 1.807) is 17.5 Å². The summed E-state index contributed by atoms with van der Waals surface area (Å²) in [5.74, 6) is -2.95. The van der Waals surface area contributed by atoms with Crippen molar-refractivity contribution in [3.05, 3.63) is 58.0 Å². The fraction of sp³-hybridized carbons (Fsp3) is 0.364. The molecule has 1 saturated heterocycles. The van der Waals surface area contributed by atoms with E-state index >= 15 is 0 Å². The van der Waals surface area contributed by atoms with Crippen LogP contribution in [0.25, 0.3) is 0 Å². The fourth-order valence-electron chi connectivity index (χ4n) is 3.63. The van der Waals surface area contributed by atoms with Crippen LogP contribution in [0.5, 0.6) is 0 Å². The first-order chi connectivity index (χ1) is 15.8. The molecule has 2 aromatic rings. The lowest BCUT2D eigenvalue weighted by molar-refractivity contribution is -0.146. The van der Waals surface area contributed by atoms with Gasteiger partial charge in [0.1, 0.15) is 18.5 Å². The number of halogens is 1. The number of carbonyl (C=O) groups is 4. The Labute approximate surface area is 193 Å². The lowest BCUT2D eigenvalue weighted by atomic mass is 10.1. The minimum absolute atomic E-state index is 0.0931. The number of hydrogen-bond donors (Lipinski definition) is 2. The van der Waals surface area contributed by atoms with Gasteiger partial charge in [0.05, 0.1) is 19.0 Å². The molecule has 1 fully saturated rings. The fourth-order valence-corrected chi connectivity index (χ4v) is 4.40. The maximum Gasteiger partial charge on any atom is 0.305 e. The van der Waals surface area contributed by atoms with Crippen LogP contribution >= 0.6 is 11.3 Å². The van der Waals surface area contributed by atoms with Crippen LogP contribution in [0.2, 0.25) is 0 Å². The Morgan fingerprint density at radius 3 is 2.55 bits per heavy atom. The summed E-state index contributed by atoms with van der Waals surface area (Å²) >= 11 is 1.31. The van der Waals surface area contributed by atoms with Crippen LogP contribution in [0.3, 0.4) is 0 Å². The van der Waals surface area contributed by atoms with E-state index in [-0.39, 0.29) is 38.2 Å². The van der Waals surface area contributed by atoms with Crippen molar-refractivity contribution in [2.75, 3.05) is 33.4 Å². The first-order valence-corrected chi connectivity index (χ1v) is 11.1. The van der Waals surface area contributed by atoms with Crippen molar-refractivity contribution in [2.45, 2.75) is 18.5 Å². The predicted octanol–water partition coefficient (Wildman–Crippen LogP) is 1.52. The summed E-state index contributed by atoms with van der Waals surface area (Å²) in [5.41, 5.74) is 0.259. The molecule has 3 rings (SSSR count). The number of aliphatic carboxylic acids is 1. The van der Waals surface area contributed by atoms with E-state index < -0.39 is 41.6 Å². The van der Waals surface area contributed by atoms with Gasteiger partial charge in [-0.25, -0.2) is 4.39 Å². The van der Waals surface area contributed by atoms with Gasteiger partial charge in [-0.15, -0.1) is 11.3 Å². The highest BCUT2D eigenvalue weighted by atomic mass is 32.1. The van der Waals surface area contributed by atoms with Gasteiger partial charge in [0, 0.05) is 30.6 Å². The molecule has 2 atom stereocenters. The molecule has 11 heteroatoms. The number of benzene rings is 1. The van der Waals surface area contributed by atoms with Gasteiger partial charge in [-0.05, 0) is 35.7 Å². The number of nitrogens with one attached hydrogen (secondary N) is 1. The zero-order valence-corrected chi connectivity index (χ0v) is 18.7. The summed E-state index contributed by atoms with van der Waals surface area (Å²) in [6.45, 7) is -0.0599. The van der Waals surface area contributed by atoms with Crippen molar-refractivity contribution in [1.29, 1.82) is 0 Å². The Hall–Kier alpha value is -3.31. The molecular formula is C22H24FN3O6S. The van der Waals surface area contributed by atoms with E-state index in [1.165, 1.54) is 52.5 Å². The summed E-state index contributed by atoms with van der Waals surface area (Å²) in [7, 11) is 1.36. The molecule has 2 N–H and O–H groups in total. The number of thiophene rings is 1. The van der Waals surface area contributed by atoms with E-state index in [0.717, 1.165) is 0 Å². The van der Waals surface area contributed by atoms with Gasteiger partial charge >= 0.3 is 5.97 Å². The van der Waals surface area contributed by atoms with E-state index in [1.807, 2.05) is 0 Å². The van der Waals surface area contributed by atoms with Gasteiger partial charge in [0.25, 0.3) is 5.91 Å². The molecule has 0 saturated carbocycles. The molecule has 0 aliphatic carbocycles. The van der Waals surface area contributed by atoms with Crippen molar-refractivity contribution in [3.8, 4) is 0 Å². The number of ether oxygens (including phenoxy) is 1. The smallest absolute Gasteiger partial charge is 0.305 e. The molecule has 1 aliphatic rings. The zero-order chi connectivity index (χ0) is 24.0. The Bertz CT molecular complexity index is 998. The van der Waals surface area contributed by atoms with Crippen LogP contribution < -0.4 is 5.32 Å². The minimum atomic E-state index is -1.09. The highest BCUT2D eigenvalue weighted by Gasteiger charge is 2.38. The van der Waals surface area contributed by atoms with Crippen molar-refractivity contribution in [1.82, 2.24) is 15.1 Å². The Balaban J connectivity index is 1.81. The van der Waals surface area contributed by atoms with Crippen molar-refractivity contribution >= 4 is 35.0 Å². The summed E-state index contributed by atoms with van der Waals surface area (Å²) in [5, 5.41) is 13.8. The van der Waals surface area contributed by atoms with Crippen molar-refractivity contribution in [3.63, 3.8) is 0 Å². The zero-order valence-electron chi connectivity index (χ0n) is 17.9. The number of carbonyl (C=O) groups excluding carboxylic acids is 3. The number of amides is 3. The summed E-state index contributed by atoms with van der Waals surface area (Å²) in [4.78, 5) is 53.5. The van der Waals surface area contributed by atoms with E-state index in [2.05, 4.69) is 5.32 Å². The number of nitrogens with zero attached hydrogens (tertiary/aromatic N) is 2. The molecule has 1 aliphatic heterocycles. The van der Waals surface area contributed by atoms with Crippen LogP contribution in [0.4, 0.5) is 4.39 Å². The molecule has 176 valence electrons. The largest absolute Gasteiger partial charge is 0.481 e. The quantitative estimate of drug-likeness (QED) is 0.596. The van der Waals surface area contributed by atoms with Gasteiger partial charge in [0.2, 0.25) is 11.8 Å². The maximum atomic E-state index is 13.2. The van der Waals surface area contributed by atoms with Gasteiger partial charge in [-0.3, -0.25) is 19.2 Å². The maximum absolute atomic E-state index is 13.2. The van der Waals surface area contributed by atoms with Crippen molar-refractivity contribution < 1.29 is 33.4 Å². The van der Waals surface area contributed by atoms with Gasteiger partial charge in [0.15, 0.2) is 0 Å². The highest BCUT2D eigenvalue weighted by molar-refractivity contribution is 7.10. The molecule has 0 radical (unpaired) electrons. The molecule has 3 amide bonds. The molecule has 9 nitrogen and oxygen atoms in total. The third-order valence-electron chi connectivity index (χ3n) is 5.23. The second-order valence-corrected chi connectivity index (χ2v) is 8.45. The number of methoxy groups -OCH3 is 1. The van der Waals surface area contributed by atoms with Gasteiger partial charge in [-0.2, -0.15) is 0 Å². The Morgan fingerprint density at radius 2 is 1.94 bits per heavy atom. The van der Waals surface area contributed by atoms with Gasteiger partial charge < -0.3 is 25.0 Å². The average Bonchev–Trinajstić information content (AvgIpc) is 3.33. The van der Waals surface area contributed by atoms with Crippen LogP contribution in [-0.2, 0) is 19.1 Å². The van der Waals surface area contributed by atoms with Gasteiger partial charge in [-0.1, -0.05) is 6.07 Å². The van der Waals surface area contributed by atoms with E-state index in [4.69, 9.17) is 4.74 Å². The molecule has 2 unspecified atom stereocenters. The first-order valence-electron chi connectivity index (χ1n) is 10.2. The molecule has 0 bridgehead atoms. The third kappa shape index (κ3) is 6.14. The number of carboxylic acid groups (broad SMARTS) is 1. The van der Waals surface area contributed by atoms with E-state index in [9.17, 15) is 28.7 Å². The number of rotatable bonds is 8. The highest BCUT2D eigenvalue weighted by Crippen LogP contribution is 2.23. The SMILES string of the molecule is COCC(=O)N1CCN(C(=O)c2ccc(F)cc2)CC1C(=O)NC(CC(=O)O)c1cccs1. The third-order valence-corrected chi connectivity index (χ3v) is 6.22. The summed E-state index contributed by atoms with van der Waals surface area (Å²) in [6.07, 6.45) is -0.330. The number of hydrogen-bond acceptors (Lipinski definition) is 6. The monoisotopic (exact) mass is 477 g/mol. The molecule has 2 heterocycles. The lowest BCUT2D eigenvalue weighted by Crippen LogP contribution is -2.62. The topological polar surface area (TPSA) is 116 Å². The molecule has 33 heavy (non-hydrogen) atoms. The van der Waals surface area contributed by atoms with Crippen LogP contribution in [0.1, 0.15) is 27.7 Å². The van der Waals surface area contributed by atoms with Crippen LogP contribution in [0.15, 0.2) is 41.8 Å². The molecule has 0 spiro atoms. The van der Waals surface area contributed by atoms with E-state index in [0.29, 0.717) is 4.88 Å².